The van der Waals surface area contributed by atoms with Crippen molar-refractivity contribution in [2.24, 2.45) is 0 Å². The number of benzene rings is 2. The van der Waals surface area contributed by atoms with Crippen LogP contribution in [-0.4, -0.2) is 23.2 Å². The lowest BCUT2D eigenvalue weighted by molar-refractivity contribution is 0.102. The van der Waals surface area contributed by atoms with Crippen LogP contribution in [0.1, 0.15) is 26.5 Å². The second-order valence-electron chi connectivity index (χ2n) is 5.30. The number of nitrogens with one attached hydrogen (secondary N) is 1. The summed E-state index contributed by atoms with van der Waals surface area (Å²) in [4.78, 5) is 12.3. The number of methoxy groups -OCH3 is 1. The third kappa shape index (κ3) is 3.78. The van der Waals surface area contributed by atoms with Crippen LogP contribution in [0.25, 0.3) is 0 Å². The van der Waals surface area contributed by atoms with Crippen LogP contribution in [-0.2, 0) is 6.42 Å². The fraction of sp³-hybridized carbons (Fsp3) is 0.167. The van der Waals surface area contributed by atoms with Gasteiger partial charge < -0.3 is 4.74 Å². The molecule has 1 aromatic heterocycles. The standard InChI is InChI=1S/C18H17N3O2S/c1-12-8-9-14(11-15(12)23-2)17(22)19-18-21-20-16(24-18)10-13-6-4-3-5-7-13/h3-9,11H,10H2,1-2H3,(H,19,21,22). The summed E-state index contributed by atoms with van der Waals surface area (Å²) in [6.07, 6.45) is 0.701. The first-order chi connectivity index (χ1) is 11.7. The number of aryl methyl sites for hydroxylation is 1. The van der Waals surface area contributed by atoms with Crippen LogP contribution >= 0.6 is 11.3 Å². The maximum atomic E-state index is 12.3. The molecule has 0 unspecified atom stereocenters. The summed E-state index contributed by atoms with van der Waals surface area (Å²) in [5, 5.41) is 12.3. The fourth-order valence-corrected chi connectivity index (χ4v) is 3.05. The van der Waals surface area contributed by atoms with E-state index in [0.717, 1.165) is 16.1 Å². The van der Waals surface area contributed by atoms with E-state index in [4.69, 9.17) is 4.74 Å². The number of hydrogen-bond acceptors (Lipinski definition) is 5. The van der Waals surface area contributed by atoms with Gasteiger partial charge in [-0.1, -0.05) is 47.7 Å². The second kappa shape index (κ2) is 7.23. The summed E-state index contributed by atoms with van der Waals surface area (Å²) >= 11 is 1.38. The Morgan fingerprint density at radius 3 is 2.71 bits per heavy atom. The minimum Gasteiger partial charge on any atom is -0.496 e. The van der Waals surface area contributed by atoms with Crippen LogP contribution in [0.4, 0.5) is 5.13 Å². The molecule has 5 nitrogen and oxygen atoms in total. The van der Waals surface area contributed by atoms with Gasteiger partial charge >= 0.3 is 0 Å². The molecule has 3 aromatic rings. The number of ether oxygens (including phenoxy) is 1. The molecule has 3 rings (SSSR count). The highest BCUT2D eigenvalue weighted by molar-refractivity contribution is 7.15. The monoisotopic (exact) mass is 339 g/mol. The lowest BCUT2D eigenvalue weighted by Gasteiger charge is -2.07. The van der Waals surface area contributed by atoms with E-state index in [9.17, 15) is 4.79 Å². The molecule has 1 heterocycles. The van der Waals surface area contributed by atoms with E-state index in [1.54, 1.807) is 19.2 Å². The second-order valence-corrected chi connectivity index (χ2v) is 6.36. The third-order valence-electron chi connectivity index (χ3n) is 3.56. The number of carbonyl (C=O) groups is 1. The molecular formula is C18H17N3O2S. The molecule has 0 radical (unpaired) electrons. The van der Waals surface area contributed by atoms with Crippen molar-refractivity contribution in [2.75, 3.05) is 12.4 Å². The molecule has 0 spiro atoms. The van der Waals surface area contributed by atoms with E-state index in [-0.39, 0.29) is 5.91 Å². The average Bonchev–Trinajstić information content (AvgIpc) is 3.03. The van der Waals surface area contributed by atoms with E-state index < -0.39 is 0 Å². The van der Waals surface area contributed by atoms with Crippen LogP contribution in [0.15, 0.2) is 48.5 Å². The maximum Gasteiger partial charge on any atom is 0.257 e. The summed E-state index contributed by atoms with van der Waals surface area (Å²) < 4.78 is 5.25. The number of carbonyl (C=O) groups excluding carboxylic acids is 1. The highest BCUT2D eigenvalue weighted by atomic mass is 32.1. The molecule has 2 aromatic carbocycles. The van der Waals surface area contributed by atoms with Crippen LogP contribution in [0.5, 0.6) is 5.75 Å². The Morgan fingerprint density at radius 1 is 1.17 bits per heavy atom. The van der Waals surface area contributed by atoms with Gasteiger partial charge in [-0.3, -0.25) is 10.1 Å². The Balaban J connectivity index is 1.69. The fourth-order valence-electron chi connectivity index (χ4n) is 2.28. The Bertz CT molecular complexity index is 846. The first-order valence-corrected chi connectivity index (χ1v) is 8.29. The molecule has 0 bridgehead atoms. The Hall–Kier alpha value is -2.73. The quantitative estimate of drug-likeness (QED) is 0.770. The van der Waals surface area contributed by atoms with Gasteiger partial charge in [0.25, 0.3) is 5.91 Å². The lowest BCUT2D eigenvalue weighted by atomic mass is 10.1. The van der Waals surface area contributed by atoms with Gasteiger partial charge in [-0.2, -0.15) is 0 Å². The summed E-state index contributed by atoms with van der Waals surface area (Å²) in [6.45, 7) is 1.93. The summed E-state index contributed by atoms with van der Waals surface area (Å²) in [5.74, 6) is 0.459. The van der Waals surface area contributed by atoms with Gasteiger partial charge in [0, 0.05) is 12.0 Å². The molecule has 0 fully saturated rings. The predicted octanol–water partition coefficient (Wildman–Crippen LogP) is 3.70. The van der Waals surface area contributed by atoms with Gasteiger partial charge in [0.05, 0.1) is 7.11 Å². The minimum absolute atomic E-state index is 0.226. The van der Waals surface area contributed by atoms with Gasteiger partial charge in [0.2, 0.25) is 5.13 Å². The van der Waals surface area contributed by atoms with E-state index in [1.807, 2.05) is 43.3 Å². The Morgan fingerprint density at radius 2 is 1.96 bits per heavy atom. The SMILES string of the molecule is COc1cc(C(=O)Nc2nnc(Cc3ccccc3)s2)ccc1C. The molecule has 0 aliphatic carbocycles. The number of amides is 1. The number of anilines is 1. The van der Waals surface area contributed by atoms with Gasteiger partial charge in [0.15, 0.2) is 0 Å². The molecule has 0 saturated carbocycles. The first kappa shape index (κ1) is 16.1. The highest BCUT2D eigenvalue weighted by Gasteiger charge is 2.12. The molecule has 0 aliphatic rings. The Labute approximate surface area is 144 Å². The minimum atomic E-state index is -0.226. The van der Waals surface area contributed by atoms with Crippen LogP contribution < -0.4 is 10.1 Å². The normalized spacial score (nSPS) is 10.4. The zero-order chi connectivity index (χ0) is 16.9. The van der Waals surface area contributed by atoms with Crippen molar-refractivity contribution in [3.63, 3.8) is 0 Å². The highest BCUT2D eigenvalue weighted by Crippen LogP contribution is 2.22. The molecule has 1 N–H and O–H groups in total. The van der Waals surface area contributed by atoms with E-state index in [2.05, 4.69) is 15.5 Å². The van der Waals surface area contributed by atoms with Crippen molar-refractivity contribution in [3.05, 3.63) is 70.2 Å². The van der Waals surface area contributed by atoms with Gasteiger partial charge in [0.1, 0.15) is 10.8 Å². The van der Waals surface area contributed by atoms with E-state index in [1.165, 1.54) is 11.3 Å². The molecule has 1 amide bonds. The van der Waals surface area contributed by atoms with Gasteiger partial charge in [-0.25, -0.2) is 0 Å². The zero-order valence-corrected chi connectivity index (χ0v) is 14.3. The van der Waals surface area contributed by atoms with Crippen molar-refractivity contribution in [1.29, 1.82) is 0 Å². The van der Waals surface area contributed by atoms with Crippen molar-refractivity contribution < 1.29 is 9.53 Å². The third-order valence-corrected chi connectivity index (χ3v) is 4.39. The average molecular weight is 339 g/mol. The van der Waals surface area contributed by atoms with Gasteiger partial charge in [-0.05, 0) is 30.2 Å². The lowest BCUT2D eigenvalue weighted by Crippen LogP contribution is -2.12. The molecular weight excluding hydrogens is 322 g/mol. The van der Waals surface area contributed by atoms with Crippen molar-refractivity contribution in [1.82, 2.24) is 10.2 Å². The number of hydrogen-bond donors (Lipinski definition) is 1. The zero-order valence-electron chi connectivity index (χ0n) is 13.4. The van der Waals surface area contributed by atoms with Crippen molar-refractivity contribution in [3.8, 4) is 5.75 Å². The molecule has 0 atom stereocenters. The van der Waals surface area contributed by atoms with Gasteiger partial charge in [-0.15, -0.1) is 10.2 Å². The van der Waals surface area contributed by atoms with E-state index in [0.29, 0.717) is 22.9 Å². The van der Waals surface area contributed by atoms with Crippen LogP contribution in [0.3, 0.4) is 0 Å². The molecule has 0 saturated heterocycles. The van der Waals surface area contributed by atoms with Crippen LogP contribution in [0.2, 0.25) is 0 Å². The summed E-state index contributed by atoms with van der Waals surface area (Å²) in [5.41, 5.74) is 2.67. The number of aromatic nitrogens is 2. The summed E-state index contributed by atoms with van der Waals surface area (Å²) in [7, 11) is 1.59. The van der Waals surface area contributed by atoms with Crippen molar-refractivity contribution >= 4 is 22.4 Å². The smallest absolute Gasteiger partial charge is 0.257 e. The molecule has 24 heavy (non-hydrogen) atoms. The summed E-state index contributed by atoms with van der Waals surface area (Å²) in [6, 6.07) is 15.4. The molecule has 122 valence electrons. The number of rotatable bonds is 5. The topological polar surface area (TPSA) is 64.1 Å². The molecule has 6 heteroatoms. The number of nitrogens with zero attached hydrogens (tertiary/aromatic N) is 2. The van der Waals surface area contributed by atoms with E-state index >= 15 is 0 Å². The molecule has 0 aliphatic heterocycles. The largest absolute Gasteiger partial charge is 0.496 e. The van der Waals surface area contributed by atoms with Crippen molar-refractivity contribution in [2.45, 2.75) is 13.3 Å². The predicted molar refractivity (Wildman–Crippen MR) is 94.8 cm³/mol. The maximum absolute atomic E-state index is 12.3. The van der Waals surface area contributed by atoms with Crippen LogP contribution in [0, 0.1) is 6.92 Å². The first-order valence-electron chi connectivity index (χ1n) is 7.48. The Kier molecular flexibility index (Phi) is 4.86.